The molecule has 0 atom stereocenters. The van der Waals surface area contributed by atoms with Gasteiger partial charge in [-0.2, -0.15) is 0 Å². The van der Waals surface area contributed by atoms with Crippen molar-refractivity contribution in [1.82, 2.24) is 0 Å². The molecule has 0 aliphatic heterocycles. The summed E-state index contributed by atoms with van der Waals surface area (Å²) in [6.07, 6.45) is 0. The second kappa shape index (κ2) is 5.86. The fourth-order valence-electron chi connectivity index (χ4n) is 1.37. The predicted octanol–water partition coefficient (Wildman–Crippen LogP) is 6.33. The van der Waals surface area contributed by atoms with Gasteiger partial charge >= 0.3 is 0 Å². The quantitative estimate of drug-likeness (QED) is 0.503. The van der Waals surface area contributed by atoms with Crippen molar-refractivity contribution < 1.29 is 4.74 Å². The molecule has 2 aromatic rings. The van der Waals surface area contributed by atoms with Crippen molar-refractivity contribution in [3.63, 3.8) is 0 Å². The summed E-state index contributed by atoms with van der Waals surface area (Å²) >= 11 is 29.8. The lowest BCUT2D eigenvalue weighted by Gasteiger charge is -2.12. The van der Waals surface area contributed by atoms with E-state index >= 15 is 0 Å². The first-order valence-electron chi connectivity index (χ1n) is 4.95. The van der Waals surface area contributed by atoms with Crippen molar-refractivity contribution in [3.8, 4) is 11.5 Å². The van der Waals surface area contributed by atoms with E-state index in [4.69, 9.17) is 68.5 Å². The summed E-state index contributed by atoms with van der Waals surface area (Å²) < 4.78 is 5.57. The van der Waals surface area contributed by atoms with Crippen LogP contribution in [0.1, 0.15) is 0 Å². The van der Waals surface area contributed by atoms with E-state index in [9.17, 15) is 0 Å². The highest BCUT2D eigenvalue weighted by molar-refractivity contribution is 6.43. The fraction of sp³-hybridized carbons (Fsp3) is 0. The Labute approximate surface area is 134 Å². The maximum Gasteiger partial charge on any atom is 0.164 e. The largest absolute Gasteiger partial charge is 0.453 e. The zero-order chi connectivity index (χ0) is 14.2. The Bertz CT molecular complexity index is 621. The van der Waals surface area contributed by atoms with Crippen LogP contribution < -0.4 is 10.5 Å². The molecule has 2 nitrogen and oxygen atoms in total. The number of hydrogen-bond donors (Lipinski definition) is 1. The lowest BCUT2D eigenvalue weighted by atomic mass is 10.3. The molecule has 0 amide bonds. The van der Waals surface area contributed by atoms with Crippen LogP contribution in [0.5, 0.6) is 11.5 Å². The Morgan fingerprint density at radius 1 is 0.684 bits per heavy atom. The SMILES string of the molecule is Nc1cc(Cl)c(Oc2cc(Cl)c(Cl)cc2Cl)c(Cl)c1. The molecule has 7 heteroatoms. The van der Waals surface area contributed by atoms with Gasteiger partial charge in [-0.1, -0.05) is 58.0 Å². The van der Waals surface area contributed by atoms with E-state index in [-0.39, 0.29) is 15.8 Å². The molecule has 0 aliphatic rings. The summed E-state index contributed by atoms with van der Waals surface area (Å²) in [6, 6.07) is 6.00. The third kappa shape index (κ3) is 3.33. The van der Waals surface area contributed by atoms with Gasteiger partial charge in [-0.25, -0.2) is 0 Å². The van der Waals surface area contributed by atoms with Crippen molar-refractivity contribution in [2.75, 3.05) is 5.73 Å². The van der Waals surface area contributed by atoms with Gasteiger partial charge in [-0.05, 0) is 18.2 Å². The minimum atomic E-state index is 0.248. The fourth-order valence-corrected chi connectivity index (χ4v) is 2.53. The Balaban J connectivity index is 2.45. The molecule has 0 saturated heterocycles. The van der Waals surface area contributed by atoms with Crippen LogP contribution in [0.4, 0.5) is 5.69 Å². The van der Waals surface area contributed by atoms with Crippen LogP contribution in [0.15, 0.2) is 24.3 Å². The van der Waals surface area contributed by atoms with Crippen LogP contribution >= 0.6 is 58.0 Å². The van der Waals surface area contributed by atoms with Gasteiger partial charge < -0.3 is 10.5 Å². The van der Waals surface area contributed by atoms with E-state index in [2.05, 4.69) is 0 Å². The van der Waals surface area contributed by atoms with Crippen LogP contribution in [0, 0.1) is 0 Å². The smallest absolute Gasteiger partial charge is 0.164 e. The monoisotopic (exact) mass is 355 g/mol. The molecule has 0 unspecified atom stereocenters. The van der Waals surface area contributed by atoms with Crippen LogP contribution in [-0.4, -0.2) is 0 Å². The molecule has 2 rings (SSSR count). The molecular weight excluding hydrogens is 351 g/mol. The summed E-state index contributed by atoms with van der Waals surface area (Å²) in [5.74, 6) is 0.544. The molecule has 19 heavy (non-hydrogen) atoms. The topological polar surface area (TPSA) is 35.2 Å². The third-order valence-corrected chi connectivity index (χ3v) is 3.79. The van der Waals surface area contributed by atoms with Crippen molar-refractivity contribution in [2.24, 2.45) is 0 Å². The summed E-state index contributed by atoms with van der Waals surface area (Å²) in [5.41, 5.74) is 6.04. The molecule has 0 bridgehead atoms. The van der Waals surface area contributed by atoms with E-state index in [0.717, 1.165) is 0 Å². The molecule has 0 spiro atoms. The number of anilines is 1. The van der Waals surface area contributed by atoms with Crippen LogP contribution in [0.2, 0.25) is 25.1 Å². The maximum absolute atomic E-state index is 6.02. The zero-order valence-electron chi connectivity index (χ0n) is 9.18. The van der Waals surface area contributed by atoms with E-state index in [1.54, 1.807) is 0 Å². The number of hydrogen-bond acceptors (Lipinski definition) is 2. The number of nitrogen functional groups attached to an aromatic ring is 1. The summed E-state index contributed by atoms with van der Waals surface area (Å²) in [4.78, 5) is 0. The lowest BCUT2D eigenvalue weighted by molar-refractivity contribution is 0.483. The summed E-state index contributed by atoms with van der Waals surface area (Å²) in [6.45, 7) is 0. The predicted molar refractivity (Wildman–Crippen MR) is 82.4 cm³/mol. The molecule has 0 aromatic heterocycles. The average molecular weight is 357 g/mol. The molecule has 0 fully saturated rings. The molecule has 0 radical (unpaired) electrons. The Morgan fingerprint density at radius 3 is 1.79 bits per heavy atom. The van der Waals surface area contributed by atoms with Gasteiger partial charge in [-0.3, -0.25) is 0 Å². The van der Waals surface area contributed by atoms with Gasteiger partial charge in [0.2, 0.25) is 0 Å². The van der Waals surface area contributed by atoms with Crippen LogP contribution in [-0.2, 0) is 0 Å². The van der Waals surface area contributed by atoms with Gasteiger partial charge in [0.15, 0.2) is 5.75 Å². The van der Waals surface area contributed by atoms with E-state index in [1.807, 2.05) is 0 Å². The lowest BCUT2D eigenvalue weighted by Crippen LogP contribution is -1.91. The molecule has 2 aromatic carbocycles. The normalized spacial score (nSPS) is 10.6. The maximum atomic E-state index is 6.02. The van der Waals surface area contributed by atoms with Crippen molar-refractivity contribution >= 4 is 63.7 Å². The minimum absolute atomic E-state index is 0.248. The number of nitrogens with two attached hydrogens (primary N) is 1. The Hall–Kier alpha value is -0.510. The van der Waals surface area contributed by atoms with Crippen molar-refractivity contribution in [2.45, 2.75) is 0 Å². The van der Waals surface area contributed by atoms with Gasteiger partial charge in [0.25, 0.3) is 0 Å². The summed E-state index contributed by atoms with van der Waals surface area (Å²) in [7, 11) is 0. The number of ether oxygens (including phenoxy) is 1. The highest BCUT2D eigenvalue weighted by Gasteiger charge is 2.13. The van der Waals surface area contributed by atoms with Crippen LogP contribution in [0.25, 0.3) is 0 Å². The highest BCUT2D eigenvalue weighted by atomic mass is 35.5. The second-order valence-electron chi connectivity index (χ2n) is 3.61. The first kappa shape index (κ1) is 14.9. The molecule has 2 N–H and O–H groups in total. The first-order chi connectivity index (χ1) is 8.88. The molecular formula is C12H6Cl5NO. The van der Waals surface area contributed by atoms with Gasteiger partial charge in [0, 0.05) is 11.8 Å². The first-order valence-corrected chi connectivity index (χ1v) is 6.84. The Kier molecular flexibility index (Phi) is 4.59. The van der Waals surface area contributed by atoms with Crippen LogP contribution in [0.3, 0.4) is 0 Å². The molecule has 0 heterocycles. The Morgan fingerprint density at radius 2 is 1.21 bits per heavy atom. The number of rotatable bonds is 2. The van der Waals surface area contributed by atoms with E-state index < -0.39 is 0 Å². The minimum Gasteiger partial charge on any atom is -0.453 e. The van der Waals surface area contributed by atoms with Gasteiger partial charge in [-0.15, -0.1) is 0 Å². The highest BCUT2D eigenvalue weighted by Crippen LogP contribution is 2.42. The second-order valence-corrected chi connectivity index (χ2v) is 5.65. The van der Waals surface area contributed by atoms with E-state index in [1.165, 1.54) is 24.3 Å². The van der Waals surface area contributed by atoms with Crippen molar-refractivity contribution in [1.29, 1.82) is 0 Å². The van der Waals surface area contributed by atoms with Gasteiger partial charge in [0.05, 0.1) is 25.1 Å². The molecule has 100 valence electrons. The standard InChI is InChI=1S/C12H6Cl5NO/c13-6-3-8(15)11(4-7(6)14)19-12-9(16)1-5(18)2-10(12)17/h1-4H,18H2. The third-order valence-electron chi connectivity index (χ3n) is 2.21. The average Bonchev–Trinajstić information content (AvgIpc) is 2.29. The van der Waals surface area contributed by atoms with Crippen molar-refractivity contribution in [3.05, 3.63) is 49.4 Å². The zero-order valence-corrected chi connectivity index (χ0v) is 13.0. The number of benzene rings is 2. The molecule has 0 saturated carbocycles. The number of halogens is 5. The van der Waals surface area contributed by atoms with E-state index in [0.29, 0.717) is 26.5 Å². The summed E-state index contributed by atoms with van der Waals surface area (Å²) in [5, 5.41) is 1.47. The molecule has 0 aliphatic carbocycles. The van der Waals surface area contributed by atoms with Gasteiger partial charge in [0.1, 0.15) is 5.75 Å².